The van der Waals surface area contributed by atoms with Gasteiger partial charge in [-0.25, -0.2) is 19.2 Å². The predicted molar refractivity (Wildman–Crippen MR) is 160 cm³/mol. The molecular formula is C34H29NO11. The highest BCUT2D eigenvalue weighted by Gasteiger charge is 2.52. The summed E-state index contributed by atoms with van der Waals surface area (Å²) in [7, 11) is 0. The highest BCUT2D eigenvalue weighted by molar-refractivity contribution is 5.91. The van der Waals surface area contributed by atoms with Gasteiger partial charge in [-0.15, -0.1) is 0 Å². The molecule has 46 heavy (non-hydrogen) atoms. The number of esters is 4. The van der Waals surface area contributed by atoms with Gasteiger partial charge in [-0.05, 0) is 43.3 Å². The van der Waals surface area contributed by atoms with Gasteiger partial charge in [-0.3, -0.25) is 9.36 Å². The summed E-state index contributed by atoms with van der Waals surface area (Å²) < 4.78 is 29.3. The maximum atomic E-state index is 13.4. The summed E-state index contributed by atoms with van der Waals surface area (Å²) in [6, 6.07) is 25.8. The van der Waals surface area contributed by atoms with Crippen LogP contribution in [0.15, 0.2) is 108 Å². The zero-order valence-electron chi connectivity index (χ0n) is 24.5. The second-order valence-electron chi connectivity index (χ2n) is 10.0. The number of hydrogen-bond acceptors (Lipinski definition) is 11. The molecule has 4 atom stereocenters. The first kappa shape index (κ1) is 31.7. The Morgan fingerprint density at radius 2 is 1.20 bits per heavy atom. The average Bonchev–Trinajstić information content (AvgIpc) is 3.39. The maximum Gasteiger partial charge on any atom is 0.355 e. The van der Waals surface area contributed by atoms with Crippen LogP contribution in [0, 0.1) is 0 Å². The molecule has 2 heterocycles. The topological polar surface area (TPSA) is 157 Å². The molecule has 1 aliphatic rings. The first-order valence-electron chi connectivity index (χ1n) is 14.3. The van der Waals surface area contributed by atoms with Gasteiger partial charge in [-0.1, -0.05) is 54.6 Å². The molecule has 0 amide bonds. The number of hydrogen-bond donors (Lipinski definition) is 1. The van der Waals surface area contributed by atoms with E-state index in [0.717, 1.165) is 16.7 Å². The summed E-state index contributed by atoms with van der Waals surface area (Å²) >= 11 is 0. The van der Waals surface area contributed by atoms with Crippen molar-refractivity contribution in [2.75, 3.05) is 13.2 Å². The van der Waals surface area contributed by atoms with E-state index in [-0.39, 0.29) is 23.3 Å². The number of pyridine rings is 1. The number of nitrogens with zero attached hydrogens (tertiary/aromatic N) is 1. The van der Waals surface area contributed by atoms with E-state index in [2.05, 4.69) is 0 Å². The fourth-order valence-corrected chi connectivity index (χ4v) is 4.86. The smallest absolute Gasteiger partial charge is 0.355 e. The van der Waals surface area contributed by atoms with E-state index in [1.807, 2.05) is 0 Å². The van der Waals surface area contributed by atoms with Crippen molar-refractivity contribution >= 4 is 23.9 Å². The van der Waals surface area contributed by atoms with E-state index in [0.29, 0.717) is 0 Å². The van der Waals surface area contributed by atoms with E-state index >= 15 is 0 Å². The Morgan fingerprint density at radius 1 is 0.696 bits per heavy atom. The molecule has 0 spiro atoms. The number of benzene rings is 3. The Morgan fingerprint density at radius 3 is 1.72 bits per heavy atom. The molecule has 1 N–H and O–H groups in total. The van der Waals surface area contributed by atoms with Gasteiger partial charge in [0, 0.05) is 12.1 Å². The van der Waals surface area contributed by atoms with Crippen LogP contribution >= 0.6 is 0 Å². The van der Waals surface area contributed by atoms with Gasteiger partial charge >= 0.3 is 23.9 Å². The van der Waals surface area contributed by atoms with Crippen LogP contribution in [-0.2, 0) is 23.7 Å². The largest absolute Gasteiger partial charge is 0.508 e. The second-order valence-corrected chi connectivity index (χ2v) is 10.0. The van der Waals surface area contributed by atoms with Crippen LogP contribution in [0.1, 0.15) is 54.7 Å². The molecular weight excluding hydrogens is 598 g/mol. The highest BCUT2D eigenvalue weighted by Crippen LogP contribution is 2.36. The molecule has 0 aliphatic carbocycles. The third kappa shape index (κ3) is 7.13. The van der Waals surface area contributed by atoms with E-state index in [4.69, 9.17) is 23.7 Å². The van der Waals surface area contributed by atoms with Gasteiger partial charge in [0.05, 0.1) is 23.3 Å². The molecule has 0 bridgehead atoms. The van der Waals surface area contributed by atoms with E-state index < -0.39 is 72.0 Å². The average molecular weight is 628 g/mol. The van der Waals surface area contributed by atoms with E-state index in [9.17, 15) is 29.1 Å². The number of rotatable bonds is 10. The molecule has 1 fully saturated rings. The first-order valence-corrected chi connectivity index (χ1v) is 14.3. The summed E-state index contributed by atoms with van der Waals surface area (Å²) in [5.74, 6) is -3.90. The van der Waals surface area contributed by atoms with Crippen LogP contribution in [0.25, 0.3) is 0 Å². The van der Waals surface area contributed by atoms with Gasteiger partial charge in [0.1, 0.15) is 24.2 Å². The van der Waals surface area contributed by atoms with Crippen LogP contribution in [0.4, 0.5) is 0 Å². The third-order valence-corrected chi connectivity index (χ3v) is 6.97. The molecule has 1 aliphatic heterocycles. The quantitative estimate of drug-likeness (QED) is 0.201. The van der Waals surface area contributed by atoms with Crippen LogP contribution in [0.5, 0.6) is 5.75 Å². The van der Waals surface area contributed by atoms with Crippen molar-refractivity contribution in [3.05, 3.63) is 136 Å². The zero-order chi connectivity index (χ0) is 32.6. The Labute approximate surface area is 262 Å². The Balaban J connectivity index is 1.58. The normalized spacial score (nSPS) is 18.7. The Kier molecular flexibility index (Phi) is 9.88. The molecule has 0 radical (unpaired) electrons. The molecule has 4 aromatic rings. The van der Waals surface area contributed by atoms with Gasteiger partial charge < -0.3 is 28.8 Å². The number of aromatic nitrogens is 1. The Bertz CT molecular complexity index is 1760. The number of aromatic hydroxyl groups is 1. The molecule has 0 unspecified atom stereocenters. The fourth-order valence-electron chi connectivity index (χ4n) is 4.86. The SMILES string of the molecule is CCOC(=O)c1cc(O)cc(=O)n1[C@H]1O[C@@H](COC(=O)c2ccccc2)[C@@H](OC(=O)c2ccccc2)[C@@H]1OC(=O)c1ccccc1. The highest BCUT2D eigenvalue weighted by atomic mass is 16.7. The summed E-state index contributed by atoms with van der Waals surface area (Å²) in [6.45, 7) is 0.990. The van der Waals surface area contributed by atoms with Crippen LogP contribution in [0.3, 0.4) is 0 Å². The van der Waals surface area contributed by atoms with Crippen molar-refractivity contribution in [3.63, 3.8) is 0 Å². The summed E-state index contributed by atoms with van der Waals surface area (Å²) in [5.41, 5.74) is -0.803. The van der Waals surface area contributed by atoms with E-state index in [1.165, 1.54) is 24.3 Å². The van der Waals surface area contributed by atoms with Crippen molar-refractivity contribution in [1.82, 2.24) is 4.57 Å². The van der Waals surface area contributed by atoms with Gasteiger partial charge in [0.25, 0.3) is 5.56 Å². The number of carbonyl (C=O) groups excluding carboxylic acids is 4. The molecule has 3 aromatic carbocycles. The molecule has 12 heteroatoms. The maximum absolute atomic E-state index is 13.4. The molecule has 5 rings (SSSR count). The van der Waals surface area contributed by atoms with Crippen molar-refractivity contribution in [2.45, 2.75) is 31.5 Å². The molecule has 236 valence electrons. The molecule has 12 nitrogen and oxygen atoms in total. The van der Waals surface area contributed by atoms with Crippen LogP contribution in [0.2, 0.25) is 0 Å². The monoisotopic (exact) mass is 627 g/mol. The van der Waals surface area contributed by atoms with Crippen molar-refractivity contribution in [2.24, 2.45) is 0 Å². The Hall–Kier alpha value is -5.75. The summed E-state index contributed by atoms with van der Waals surface area (Å²) in [6.07, 6.45) is -5.91. The van der Waals surface area contributed by atoms with E-state index in [1.54, 1.807) is 73.7 Å². The number of carbonyl (C=O) groups is 4. The molecule has 1 aromatic heterocycles. The van der Waals surface area contributed by atoms with Gasteiger partial charge in [0.15, 0.2) is 18.4 Å². The minimum absolute atomic E-state index is 0.0595. The predicted octanol–water partition coefficient (Wildman–Crippen LogP) is 3.94. The summed E-state index contributed by atoms with van der Waals surface area (Å²) in [5, 5.41) is 10.2. The number of ether oxygens (including phenoxy) is 5. The summed E-state index contributed by atoms with van der Waals surface area (Å²) in [4.78, 5) is 65.8. The van der Waals surface area contributed by atoms with Gasteiger partial charge in [0.2, 0.25) is 0 Å². The van der Waals surface area contributed by atoms with Crippen molar-refractivity contribution in [1.29, 1.82) is 0 Å². The minimum atomic E-state index is -1.60. The molecule has 1 saturated heterocycles. The zero-order valence-corrected chi connectivity index (χ0v) is 24.5. The molecule has 0 saturated carbocycles. The van der Waals surface area contributed by atoms with Crippen LogP contribution < -0.4 is 5.56 Å². The third-order valence-electron chi connectivity index (χ3n) is 6.97. The minimum Gasteiger partial charge on any atom is -0.508 e. The standard InChI is InChI=1S/C34H29NO11/c1-2-42-34(41)25-18-24(36)19-27(37)35(25)30-29(46-33(40)23-16-10-5-11-17-23)28(45-32(39)22-14-8-4-9-15-22)26(44-30)20-43-31(38)21-12-6-3-7-13-21/h3-19,26,28-30,36H,2,20H2,1H3/t26-,28+,29-,30-/m0/s1. The van der Waals surface area contributed by atoms with Crippen molar-refractivity contribution in [3.8, 4) is 5.75 Å². The van der Waals surface area contributed by atoms with Gasteiger partial charge in [-0.2, -0.15) is 0 Å². The lowest BCUT2D eigenvalue weighted by Gasteiger charge is -2.26. The first-order chi connectivity index (χ1) is 22.3. The lowest BCUT2D eigenvalue weighted by molar-refractivity contribution is -0.0646. The fraction of sp³-hybridized carbons (Fsp3) is 0.206. The van der Waals surface area contributed by atoms with Crippen LogP contribution in [-0.4, -0.2) is 65.1 Å². The van der Waals surface area contributed by atoms with Crippen molar-refractivity contribution < 1.29 is 48.0 Å². The second kappa shape index (κ2) is 14.4. The lowest BCUT2D eigenvalue weighted by atomic mass is 10.1. The lowest BCUT2D eigenvalue weighted by Crippen LogP contribution is -2.43.